The molecule has 0 radical (unpaired) electrons. The highest BCUT2D eigenvalue weighted by Gasteiger charge is 2.47. The van der Waals surface area contributed by atoms with Crippen molar-refractivity contribution in [3.8, 4) is 5.75 Å². The van der Waals surface area contributed by atoms with Crippen molar-refractivity contribution in [1.29, 1.82) is 0 Å². The summed E-state index contributed by atoms with van der Waals surface area (Å²) >= 11 is 0. The number of carbonyl (C=O) groups excluding carboxylic acids is 2. The van der Waals surface area contributed by atoms with E-state index < -0.39 is 6.10 Å². The Morgan fingerprint density at radius 3 is 2.48 bits per heavy atom. The summed E-state index contributed by atoms with van der Waals surface area (Å²) in [7, 11) is 0. The van der Waals surface area contributed by atoms with Gasteiger partial charge in [-0.3, -0.25) is 14.5 Å². The number of β-amino-alcohol motifs (C(OH)–C–C–N with tert-alkyl or cyclic N) is 1. The fraction of sp³-hybridized carbons (Fsp3) is 0.400. The van der Waals surface area contributed by atoms with Crippen LogP contribution in [0, 0.1) is 11.8 Å². The molecule has 1 N–H and O–H groups in total. The number of aliphatic hydroxyl groups excluding tert-OH is 1. The molecule has 0 saturated carbocycles. The van der Waals surface area contributed by atoms with Gasteiger partial charge in [0.2, 0.25) is 11.8 Å². The van der Waals surface area contributed by atoms with E-state index in [-0.39, 0.29) is 36.8 Å². The van der Waals surface area contributed by atoms with Gasteiger partial charge in [-0.1, -0.05) is 36.4 Å². The molecule has 0 unspecified atom stereocenters. The molecule has 1 fully saturated rings. The van der Waals surface area contributed by atoms with Crippen LogP contribution in [-0.2, 0) is 16.0 Å². The van der Waals surface area contributed by atoms with E-state index in [0.29, 0.717) is 25.0 Å². The van der Waals surface area contributed by atoms with Crippen LogP contribution in [0.5, 0.6) is 5.75 Å². The smallest absolute Gasteiger partial charge is 0.233 e. The van der Waals surface area contributed by atoms with Gasteiger partial charge in [-0.2, -0.15) is 0 Å². The van der Waals surface area contributed by atoms with E-state index in [1.54, 1.807) is 6.08 Å². The molecule has 0 aromatic heterocycles. The summed E-state index contributed by atoms with van der Waals surface area (Å²) in [5.41, 5.74) is 0.982. The number of hydrogen-bond acceptors (Lipinski definition) is 4. The molecule has 0 spiro atoms. The van der Waals surface area contributed by atoms with Crippen molar-refractivity contribution in [2.75, 3.05) is 13.2 Å². The molecule has 1 aliphatic heterocycles. The number of likely N-dealkylation sites (tertiary alicyclic amines) is 1. The minimum Gasteiger partial charge on any atom is -0.491 e. The normalized spacial score (nSPS) is 23.5. The fourth-order valence-electron chi connectivity index (χ4n) is 3.47. The van der Waals surface area contributed by atoms with Gasteiger partial charge in [0, 0.05) is 0 Å². The Balaban J connectivity index is 1.58. The molecule has 1 aliphatic carbocycles. The molecule has 132 valence electrons. The number of para-hydroxylation sites is 1. The minimum absolute atomic E-state index is 0.0196. The van der Waals surface area contributed by atoms with Crippen LogP contribution >= 0.6 is 0 Å². The number of amides is 2. The van der Waals surface area contributed by atoms with Gasteiger partial charge in [0.1, 0.15) is 18.5 Å². The van der Waals surface area contributed by atoms with Crippen LogP contribution in [0.1, 0.15) is 18.4 Å². The molecule has 2 aliphatic rings. The number of imide groups is 1. The van der Waals surface area contributed by atoms with Crippen molar-refractivity contribution in [1.82, 2.24) is 4.90 Å². The third-order valence-electron chi connectivity index (χ3n) is 4.76. The van der Waals surface area contributed by atoms with Gasteiger partial charge >= 0.3 is 0 Å². The first-order chi connectivity index (χ1) is 12.1. The number of allylic oxidation sites excluding steroid dienone is 3. The van der Waals surface area contributed by atoms with Crippen LogP contribution in [-0.4, -0.2) is 41.1 Å². The van der Waals surface area contributed by atoms with Crippen LogP contribution < -0.4 is 4.74 Å². The molecule has 1 aromatic rings. The standard InChI is InChI=1S/C20H23NO4/c1-2-7-14-8-3-6-11-18(14)25-13-15(22)12-21-19(23)16-9-4-5-10-17(16)20(21)24/h2-6,8,11,15-17,22H,1,7,9-10,12-13H2/t15-,16-,17-/m1/s1. The highest BCUT2D eigenvalue weighted by atomic mass is 16.5. The van der Waals surface area contributed by atoms with E-state index in [2.05, 4.69) is 6.58 Å². The number of carbonyl (C=O) groups is 2. The Hall–Kier alpha value is -2.40. The number of ether oxygens (including phenoxy) is 1. The largest absolute Gasteiger partial charge is 0.491 e. The third kappa shape index (κ3) is 3.66. The quantitative estimate of drug-likeness (QED) is 0.609. The molecule has 1 aromatic carbocycles. The topological polar surface area (TPSA) is 66.8 Å². The van der Waals surface area contributed by atoms with Crippen LogP contribution in [0.25, 0.3) is 0 Å². The first-order valence-corrected chi connectivity index (χ1v) is 8.61. The minimum atomic E-state index is -0.919. The number of aliphatic hydroxyl groups is 1. The first kappa shape index (κ1) is 17.4. The van der Waals surface area contributed by atoms with Crippen LogP contribution in [0.4, 0.5) is 0 Å². The van der Waals surface area contributed by atoms with E-state index in [1.165, 1.54) is 4.90 Å². The van der Waals surface area contributed by atoms with Crippen LogP contribution in [0.2, 0.25) is 0 Å². The lowest BCUT2D eigenvalue weighted by Crippen LogP contribution is -2.40. The first-order valence-electron chi connectivity index (χ1n) is 8.61. The number of hydrogen-bond donors (Lipinski definition) is 1. The van der Waals surface area contributed by atoms with E-state index in [0.717, 1.165) is 5.56 Å². The van der Waals surface area contributed by atoms with Crippen molar-refractivity contribution < 1.29 is 19.4 Å². The lowest BCUT2D eigenvalue weighted by atomic mass is 9.85. The summed E-state index contributed by atoms with van der Waals surface area (Å²) in [6, 6.07) is 7.55. The van der Waals surface area contributed by atoms with Gasteiger partial charge < -0.3 is 9.84 Å². The molecular formula is C20H23NO4. The Kier molecular flexibility index (Phi) is 5.34. The van der Waals surface area contributed by atoms with E-state index in [9.17, 15) is 14.7 Å². The average Bonchev–Trinajstić information content (AvgIpc) is 2.87. The molecule has 2 amide bonds. The molecule has 0 bridgehead atoms. The van der Waals surface area contributed by atoms with Crippen molar-refractivity contribution in [2.45, 2.75) is 25.4 Å². The zero-order valence-corrected chi connectivity index (χ0v) is 14.1. The summed E-state index contributed by atoms with van der Waals surface area (Å²) in [6.45, 7) is 3.73. The van der Waals surface area contributed by atoms with Gasteiger partial charge in [0.25, 0.3) is 0 Å². The number of fused-ring (bicyclic) bond motifs is 1. The highest BCUT2D eigenvalue weighted by Crippen LogP contribution is 2.35. The third-order valence-corrected chi connectivity index (χ3v) is 4.76. The average molecular weight is 341 g/mol. The number of benzene rings is 1. The molecule has 3 rings (SSSR count). The Bertz CT molecular complexity index is 671. The van der Waals surface area contributed by atoms with Gasteiger partial charge in [-0.15, -0.1) is 6.58 Å². The summed E-state index contributed by atoms with van der Waals surface area (Å²) < 4.78 is 5.69. The molecule has 1 saturated heterocycles. The summed E-state index contributed by atoms with van der Waals surface area (Å²) in [5.74, 6) is -0.202. The molecule has 25 heavy (non-hydrogen) atoms. The Morgan fingerprint density at radius 1 is 1.20 bits per heavy atom. The second-order valence-corrected chi connectivity index (χ2v) is 6.51. The highest BCUT2D eigenvalue weighted by molar-refractivity contribution is 6.05. The molecule has 1 heterocycles. The Labute approximate surface area is 147 Å². The predicted molar refractivity (Wildman–Crippen MR) is 93.9 cm³/mol. The zero-order valence-electron chi connectivity index (χ0n) is 14.1. The molecular weight excluding hydrogens is 318 g/mol. The lowest BCUT2D eigenvalue weighted by Gasteiger charge is -2.20. The van der Waals surface area contributed by atoms with Gasteiger partial charge in [0.15, 0.2) is 0 Å². The SMILES string of the molecule is C=CCc1ccccc1OC[C@H](O)CN1C(=O)[C@@H]2CC=CC[C@H]2C1=O. The zero-order chi connectivity index (χ0) is 17.8. The van der Waals surface area contributed by atoms with E-state index in [1.807, 2.05) is 36.4 Å². The lowest BCUT2D eigenvalue weighted by molar-refractivity contribution is -0.141. The van der Waals surface area contributed by atoms with Crippen molar-refractivity contribution in [3.63, 3.8) is 0 Å². The molecule has 5 heteroatoms. The maximum Gasteiger partial charge on any atom is 0.233 e. The van der Waals surface area contributed by atoms with Gasteiger partial charge in [-0.05, 0) is 30.9 Å². The summed E-state index contributed by atoms with van der Waals surface area (Å²) in [6.07, 6.45) is 6.65. The second-order valence-electron chi connectivity index (χ2n) is 6.51. The van der Waals surface area contributed by atoms with Crippen molar-refractivity contribution in [3.05, 3.63) is 54.6 Å². The predicted octanol–water partition coefficient (Wildman–Crippen LogP) is 2.11. The maximum atomic E-state index is 12.4. The maximum absolute atomic E-state index is 12.4. The van der Waals surface area contributed by atoms with E-state index in [4.69, 9.17) is 4.74 Å². The fourth-order valence-corrected chi connectivity index (χ4v) is 3.47. The Morgan fingerprint density at radius 2 is 1.84 bits per heavy atom. The monoisotopic (exact) mass is 341 g/mol. The van der Waals surface area contributed by atoms with Crippen molar-refractivity contribution >= 4 is 11.8 Å². The number of nitrogens with zero attached hydrogens (tertiary/aromatic N) is 1. The van der Waals surface area contributed by atoms with Gasteiger partial charge in [0.05, 0.1) is 18.4 Å². The molecule has 5 nitrogen and oxygen atoms in total. The van der Waals surface area contributed by atoms with E-state index >= 15 is 0 Å². The molecule has 3 atom stereocenters. The summed E-state index contributed by atoms with van der Waals surface area (Å²) in [4.78, 5) is 26.0. The number of rotatable bonds is 7. The summed E-state index contributed by atoms with van der Waals surface area (Å²) in [5, 5.41) is 10.3. The van der Waals surface area contributed by atoms with Crippen molar-refractivity contribution in [2.24, 2.45) is 11.8 Å². The van der Waals surface area contributed by atoms with Crippen LogP contribution in [0.15, 0.2) is 49.1 Å². The second kappa shape index (κ2) is 7.66. The van der Waals surface area contributed by atoms with Gasteiger partial charge in [-0.25, -0.2) is 0 Å². The van der Waals surface area contributed by atoms with Crippen LogP contribution in [0.3, 0.4) is 0 Å².